The number of hydrogen-bond acceptors (Lipinski definition) is 5. The summed E-state index contributed by atoms with van der Waals surface area (Å²) < 4.78 is 11.9. The molecule has 1 aliphatic heterocycles. The van der Waals surface area contributed by atoms with Crippen molar-refractivity contribution in [2.24, 2.45) is 0 Å². The highest BCUT2D eigenvalue weighted by molar-refractivity contribution is 5.03. The van der Waals surface area contributed by atoms with Crippen LogP contribution in [-0.4, -0.2) is 34.2 Å². The van der Waals surface area contributed by atoms with Gasteiger partial charge in [0.05, 0.1) is 13.2 Å². The van der Waals surface area contributed by atoms with Gasteiger partial charge in [0.1, 0.15) is 0 Å². The van der Waals surface area contributed by atoms with Crippen molar-refractivity contribution in [3.05, 3.63) is 32.6 Å². The number of H-pyrrole nitrogens is 1. The van der Waals surface area contributed by atoms with Gasteiger partial charge >= 0.3 is 5.69 Å². The van der Waals surface area contributed by atoms with E-state index in [1.165, 1.54) is 10.8 Å². The van der Waals surface area contributed by atoms with Gasteiger partial charge in [0.2, 0.25) is 0 Å². The summed E-state index contributed by atoms with van der Waals surface area (Å²) in [4.78, 5) is 25.1. The van der Waals surface area contributed by atoms with Gasteiger partial charge in [0.15, 0.2) is 12.0 Å². The van der Waals surface area contributed by atoms with Gasteiger partial charge < -0.3 is 14.6 Å². The van der Waals surface area contributed by atoms with Gasteiger partial charge in [0.25, 0.3) is 5.56 Å². The molecular weight excluding hydrogens is 228 g/mol. The van der Waals surface area contributed by atoms with Crippen LogP contribution in [0.2, 0.25) is 0 Å². The van der Waals surface area contributed by atoms with Gasteiger partial charge in [0, 0.05) is 11.8 Å². The average Bonchev–Trinajstić information content (AvgIpc) is 2.66. The molecule has 2 rings (SSSR count). The zero-order chi connectivity index (χ0) is 12.6. The molecule has 1 aromatic rings. The number of aromatic nitrogens is 2. The summed E-state index contributed by atoms with van der Waals surface area (Å²) in [6.45, 7) is 3.09. The summed E-state index contributed by atoms with van der Waals surface area (Å²) in [5.41, 5.74) is -1.60. The zero-order valence-electron chi connectivity index (χ0n) is 9.60. The lowest BCUT2D eigenvalue weighted by molar-refractivity contribution is -0.134. The standard InChI is InChI=1S/C10H14N2O5/c1-6-3-12(9(15)11-8(6)14)10(2)5-16-7(4-13)17-10/h3,7,13H,4-5H2,1-2H3,(H,11,14,15)/t7-,10+/m1/s1. The Hall–Kier alpha value is -1.44. The van der Waals surface area contributed by atoms with Crippen molar-refractivity contribution in [1.82, 2.24) is 9.55 Å². The van der Waals surface area contributed by atoms with Crippen LogP contribution in [-0.2, 0) is 15.2 Å². The third-order valence-electron chi connectivity index (χ3n) is 2.70. The number of aryl methyl sites for hydroxylation is 1. The summed E-state index contributed by atoms with van der Waals surface area (Å²) in [5.74, 6) is 0. The van der Waals surface area contributed by atoms with E-state index in [4.69, 9.17) is 14.6 Å². The van der Waals surface area contributed by atoms with Gasteiger partial charge in [-0.1, -0.05) is 0 Å². The molecule has 0 radical (unpaired) electrons. The topological polar surface area (TPSA) is 93.6 Å². The highest BCUT2D eigenvalue weighted by Crippen LogP contribution is 2.26. The Morgan fingerprint density at radius 2 is 2.35 bits per heavy atom. The fourth-order valence-corrected chi connectivity index (χ4v) is 1.73. The summed E-state index contributed by atoms with van der Waals surface area (Å²) in [6.07, 6.45) is 0.670. The van der Waals surface area contributed by atoms with Crippen molar-refractivity contribution in [1.29, 1.82) is 0 Å². The second-order valence-corrected chi connectivity index (χ2v) is 4.16. The lowest BCUT2D eigenvalue weighted by Gasteiger charge is -2.24. The van der Waals surface area contributed by atoms with Gasteiger partial charge in [-0.25, -0.2) is 4.79 Å². The smallest absolute Gasteiger partial charge is 0.330 e. The number of aromatic amines is 1. The maximum absolute atomic E-state index is 11.7. The Balaban J connectivity index is 2.44. The molecular formula is C10H14N2O5. The number of aliphatic hydroxyl groups excluding tert-OH is 1. The fraction of sp³-hybridized carbons (Fsp3) is 0.600. The van der Waals surface area contributed by atoms with E-state index in [0.717, 1.165) is 0 Å². The predicted molar refractivity (Wildman–Crippen MR) is 57.6 cm³/mol. The third kappa shape index (κ3) is 2.04. The van der Waals surface area contributed by atoms with Crippen molar-refractivity contribution < 1.29 is 14.6 Å². The quantitative estimate of drug-likeness (QED) is 0.685. The SMILES string of the molecule is Cc1cn([C@]2(C)CO[C@@H](CO)O2)c(=O)[nH]c1=O. The summed E-state index contributed by atoms with van der Waals surface area (Å²) in [6, 6.07) is 0. The highest BCUT2D eigenvalue weighted by Gasteiger charge is 2.39. The third-order valence-corrected chi connectivity index (χ3v) is 2.70. The van der Waals surface area contributed by atoms with E-state index in [9.17, 15) is 9.59 Å². The van der Waals surface area contributed by atoms with E-state index in [0.29, 0.717) is 5.56 Å². The minimum Gasteiger partial charge on any atom is -0.391 e. The number of nitrogens with one attached hydrogen (secondary N) is 1. The molecule has 2 heterocycles. The molecule has 1 saturated heterocycles. The Bertz CT molecular complexity index is 534. The van der Waals surface area contributed by atoms with Crippen LogP contribution in [0.4, 0.5) is 0 Å². The van der Waals surface area contributed by atoms with Crippen molar-refractivity contribution in [2.45, 2.75) is 25.9 Å². The molecule has 2 N–H and O–H groups in total. The van der Waals surface area contributed by atoms with Crippen LogP contribution < -0.4 is 11.2 Å². The fourth-order valence-electron chi connectivity index (χ4n) is 1.73. The Morgan fingerprint density at radius 3 is 2.94 bits per heavy atom. The Kier molecular flexibility index (Phi) is 2.90. The zero-order valence-corrected chi connectivity index (χ0v) is 9.60. The van der Waals surface area contributed by atoms with E-state index in [2.05, 4.69) is 4.98 Å². The van der Waals surface area contributed by atoms with Crippen LogP contribution in [0.15, 0.2) is 15.8 Å². The van der Waals surface area contributed by atoms with E-state index >= 15 is 0 Å². The first-order chi connectivity index (χ1) is 7.96. The molecule has 0 amide bonds. The maximum Gasteiger partial charge on any atom is 0.330 e. The van der Waals surface area contributed by atoms with Crippen molar-refractivity contribution >= 4 is 0 Å². The summed E-state index contributed by atoms with van der Waals surface area (Å²) in [7, 11) is 0. The molecule has 0 unspecified atom stereocenters. The van der Waals surface area contributed by atoms with Crippen molar-refractivity contribution in [2.75, 3.05) is 13.2 Å². The molecule has 0 aliphatic carbocycles. The molecule has 7 heteroatoms. The molecule has 0 saturated carbocycles. The molecule has 0 spiro atoms. The monoisotopic (exact) mass is 242 g/mol. The molecule has 0 aromatic carbocycles. The Labute approximate surface area is 96.6 Å². The average molecular weight is 242 g/mol. The minimum atomic E-state index is -1.01. The molecule has 94 valence electrons. The van der Waals surface area contributed by atoms with E-state index in [1.807, 2.05) is 0 Å². The van der Waals surface area contributed by atoms with Crippen LogP contribution in [0, 0.1) is 6.92 Å². The Morgan fingerprint density at radius 1 is 1.65 bits per heavy atom. The molecule has 7 nitrogen and oxygen atoms in total. The van der Waals surface area contributed by atoms with E-state index in [-0.39, 0.29) is 13.2 Å². The van der Waals surface area contributed by atoms with Crippen molar-refractivity contribution in [3.8, 4) is 0 Å². The largest absolute Gasteiger partial charge is 0.391 e. The number of ether oxygens (including phenoxy) is 2. The van der Waals surface area contributed by atoms with Crippen LogP contribution in [0.3, 0.4) is 0 Å². The molecule has 1 aliphatic rings. The van der Waals surface area contributed by atoms with Crippen LogP contribution in [0.1, 0.15) is 12.5 Å². The highest BCUT2D eigenvalue weighted by atomic mass is 16.7. The van der Waals surface area contributed by atoms with Crippen molar-refractivity contribution in [3.63, 3.8) is 0 Å². The first kappa shape index (κ1) is 12.0. The maximum atomic E-state index is 11.7. The first-order valence-electron chi connectivity index (χ1n) is 5.19. The lowest BCUT2D eigenvalue weighted by atomic mass is 10.2. The lowest BCUT2D eigenvalue weighted by Crippen LogP contribution is -2.44. The second-order valence-electron chi connectivity index (χ2n) is 4.16. The van der Waals surface area contributed by atoms with E-state index in [1.54, 1.807) is 13.8 Å². The van der Waals surface area contributed by atoms with Crippen LogP contribution >= 0.6 is 0 Å². The van der Waals surface area contributed by atoms with Gasteiger partial charge in [-0.05, 0) is 13.8 Å². The van der Waals surface area contributed by atoms with Gasteiger partial charge in [-0.2, -0.15) is 0 Å². The number of aliphatic hydroxyl groups is 1. The van der Waals surface area contributed by atoms with Crippen LogP contribution in [0.5, 0.6) is 0 Å². The van der Waals surface area contributed by atoms with Gasteiger partial charge in [-0.15, -0.1) is 0 Å². The number of hydrogen-bond donors (Lipinski definition) is 2. The number of rotatable bonds is 2. The second kappa shape index (κ2) is 4.10. The van der Waals surface area contributed by atoms with Gasteiger partial charge in [-0.3, -0.25) is 14.3 Å². The van der Waals surface area contributed by atoms with E-state index < -0.39 is 23.3 Å². The first-order valence-corrected chi connectivity index (χ1v) is 5.19. The summed E-state index contributed by atoms with van der Waals surface area (Å²) >= 11 is 0. The molecule has 17 heavy (non-hydrogen) atoms. The predicted octanol–water partition coefficient (Wildman–Crippen LogP) is -1.12. The molecule has 1 aromatic heterocycles. The normalized spacial score (nSPS) is 28.5. The number of nitrogens with zero attached hydrogens (tertiary/aromatic N) is 1. The molecule has 0 bridgehead atoms. The molecule has 1 fully saturated rings. The summed E-state index contributed by atoms with van der Waals surface area (Å²) in [5, 5.41) is 8.92. The minimum absolute atomic E-state index is 0.129. The molecule has 2 atom stereocenters. The van der Waals surface area contributed by atoms with Crippen LogP contribution in [0.25, 0.3) is 0 Å².